The largest absolute Gasteiger partial charge is 0.491 e. The highest BCUT2D eigenvalue weighted by Crippen LogP contribution is 2.15. The molecule has 86 valence electrons. The van der Waals surface area contributed by atoms with Crippen molar-refractivity contribution >= 4 is 0 Å². The van der Waals surface area contributed by atoms with E-state index in [2.05, 4.69) is 6.07 Å². The summed E-state index contributed by atoms with van der Waals surface area (Å²) in [5.41, 5.74) is 0.629. The van der Waals surface area contributed by atoms with Crippen LogP contribution in [-0.4, -0.2) is 17.3 Å². The first-order valence-electron chi connectivity index (χ1n) is 5.46. The van der Waals surface area contributed by atoms with Crippen molar-refractivity contribution in [1.82, 2.24) is 0 Å². The fraction of sp³-hybridized carbons (Fsp3) is 0.462. The third-order valence-electron chi connectivity index (χ3n) is 2.31. The van der Waals surface area contributed by atoms with Gasteiger partial charge >= 0.3 is 0 Å². The van der Waals surface area contributed by atoms with Crippen molar-refractivity contribution in [2.24, 2.45) is 0 Å². The summed E-state index contributed by atoms with van der Waals surface area (Å²) < 4.78 is 5.64. The van der Waals surface area contributed by atoms with Crippen LogP contribution >= 0.6 is 0 Å². The molecule has 1 N–H and O–H groups in total. The summed E-state index contributed by atoms with van der Waals surface area (Å²) in [6.07, 6.45) is 1.34. The molecule has 1 aromatic rings. The first-order chi connectivity index (χ1) is 7.61. The van der Waals surface area contributed by atoms with Gasteiger partial charge in [0.2, 0.25) is 0 Å². The standard InChI is InChI=1S/C13H17NO2/c1-10(15)3-4-11(2)16-13-7-5-12(9-14)6-8-13/h5-8,10-11,15H,3-4H2,1-2H3. The molecule has 0 amide bonds. The van der Waals surface area contributed by atoms with Crippen LogP contribution in [-0.2, 0) is 0 Å². The zero-order chi connectivity index (χ0) is 12.0. The molecule has 2 unspecified atom stereocenters. The number of aliphatic hydroxyl groups is 1. The molecule has 1 rings (SSSR count). The maximum absolute atomic E-state index is 9.14. The number of rotatable bonds is 5. The predicted octanol–water partition coefficient (Wildman–Crippen LogP) is 2.49. The van der Waals surface area contributed by atoms with Crippen molar-refractivity contribution in [3.8, 4) is 11.8 Å². The molecule has 0 aliphatic carbocycles. The second-order valence-corrected chi connectivity index (χ2v) is 3.99. The first-order valence-corrected chi connectivity index (χ1v) is 5.46. The van der Waals surface area contributed by atoms with Crippen LogP contribution in [0.1, 0.15) is 32.3 Å². The lowest BCUT2D eigenvalue weighted by atomic mass is 10.1. The van der Waals surface area contributed by atoms with Crippen molar-refractivity contribution in [3.63, 3.8) is 0 Å². The zero-order valence-electron chi connectivity index (χ0n) is 9.68. The molecular formula is C13H17NO2. The predicted molar refractivity (Wildman–Crippen MR) is 62.2 cm³/mol. The smallest absolute Gasteiger partial charge is 0.119 e. The molecule has 0 aromatic heterocycles. The van der Waals surface area contributed by atoms with Gasteiger partial charge in [0, 0.05) is 0 Å². The Morgan fingerprint density at radius 3 is 2.38 bits per heavy atom. The summed E-state index contributed by atoms with van der Waals surface area (Å²) in [7, 11) is 0. The van der Waals surface area contributed by atoms with Gasteiger partial charge in [0.05, 0.1) is 23.8 Å². The molecule has 0 saturated carbocycles. The van der Waals surface area contributed by atoms with E-state index in [1.165, 1.54) is 0 Å². The van der Waals surface area contributed by atoms with Gasteiger partial charge in [0.15, 0.2) is 0 Å². The third-order valence-corrected chi connectivity index (χ3v) is 2.31. The molecule has 0 aliphatic heterocycles. The molecule has 0 saturated heterocycles. The maximum Gasteiger partial charge on any atom is 0.119 e. The molecule has 0 spiro atoms. The fourth-order valence-corrected chi connectivity index (χ4v) is 1.38. The lowest BCUT2D eigenvalue weighted by Crippen LogP contribution is -2.14. The lowest BCUT2D eigenvalue weighted by molar-refractivity contribution is 0.145. The van der Waals surface area contributed by atoms with E-state index in [0.29, 0.717) is 5.56 Å². The summed E-state index contributed by atoms with van der Waals surface area (Å²) in [5.74, 6) is 0.761. The van der Waals surface area contributed by atoms with Crippen LogP contribution in [0.2, 0.25) is 0 Å². The molecule has 1 aromatic carbocycles. The Morgan fingerprint density at radius 1 is 1.25 bits per heavy atom. The molecule has 3 heteroatoms. The van der Waals surface area contributed by atoms with Gasteiger partial charge in [-0.15, -0.1) is 0 Å². The molecule has 0 heterocycles. The molecule has 0 bridgehead atoms. The molecular weight excluding hydrogens is 202 g/mol. The topological polar surface area (TPSA) is 53.2 Å². The minimum Gasteiger partial charge on any atom is -0.491 e. The summed E-state index contributed by atoms with van der Waals surface area (Å²) in [6.45, 7) is 3.75. The molecule has 0 aliphatic rings. The minimum atomic E-state index is -0.285. The van der Waals surface area contributed by atoms with E-state index < -0.39 is 0 Å². The molecule has 0 fully saturated rings. The Labute approximate surface area is 96.3 Å². The summed E-state index contributed by atoms with van der Waals surface area (Å²) in [6, 6.07) is 9.10. The molecule has 3 nitrogen and oxygen atoms in total. The van der Waals surface area contributed by atoms with Gasteiger partial charge in [-0.2, -0.15) is 5.26 Å². The third kappa shape index (κ3) is 4.33. The van der Waals surface area contributed by atoms with E-state index in [0.717, 1.165) is 18.6 Å². The average Bonchev–Trinajstić information content (AvgIpc) is 2.27. The van der Waals surface area contributed by atoms with E-state index in [1.807, 2.05) is 6.92 Å². The van der Waals surface area contributed by atoms with Gasteiger partial charge in [-0.3, -0.25) is 0 Å². The highest BCUT2D eigenvalue weighted by molar-refractivity contribution is 5.34. The number of benzene rings is 1. The second-order valence-electron chi connectivity index (χ2n) is 3.99. The number of hydrogen-bond donors (Lipinski definition) is 1. The van der Waals surface area contributed by atoms with Crippen molar-refractivity contribution in [3.05, 3.63) is 29.8 Å². The maximum atomic E-state index is 9.14. The van der Waals surface area contributed by atoms with Crippen LogP contribution in [0, 0.1) is 11.3 Å². The fourth-order valence-electron chi connectivity index (χ4n) is 1.38. The Morgan fingerprint density at radius 2 is 1.88 bits per heavy atom. The Balaban J connectivity index is 2.44. The Kier molecular flexibility index (Phi) is 4.81. The van der Waals surface area contributed by atoms with E-state index in [4.69, 9.17) is 15.1 Å². The van der Waals surface area contributed by atoms with Gasteiger partial charge in [-0.1, -0.05) is 0 Å². The van der Waals surface area contributed by atoms with E-state index in [1.54, 1.807) is 31.2 Å². The molecule has 0 radical (unpaired) electrons. The van der Waals surface area contributed by atoms with Gasteiger partial charge in [-0.25, -0.2) is 0 Å². The molecule has 2 atom stereocenters. The highest BCUT2D eigenvalue weighted by Gasteiger charge is 2.06. The molecule has 16 heavy (non-hydrogen) atoms. The lowest BCUT2D eigenvalue weighted by Gasteiger charge is -2.15. The quantitative estimate of drug-likeness (QED) is 0.827. The van der Waals surface area contributed by atoms with E-state index in [9.17, 15) is 0 Å². The van der Waals surface area contributed by atoms with Crippen LogP contribution in [0.15, 0.2) is 24.3 Å². The van der Waals surface area contributed by atoms with Crippen molar-refractivity contribution in [2.45, 2.75) is 38.9 Å². The van der Waals surface area contributed by atoms with Crippen molar-refractivity contribution in [2.75, 3.05) is 0 Å². The number of nitrogens with zero attached hydrogens (tertiary/aromatic N) is 1. The number of hydrogen-bond acceptors (Lipinski definition) is 3. The van der Waals surface area contributed by atoms with Gasteiger partial charge in [-0.05, 0) is 51.0 Å². The number of aliphatic hydroxyl groups excluding tert-OH is 1. The summed E-state index contributed by atoms with van der Waals surface area (Å²) in [4.78, 5) is 0. The Bertz CT molecular complexity index is 351. The second kappa shape index (κ2) is 6.14. The van der Waals surface area contributed by atoms with Crippen LogP contribution in [0.25, 0.3) is 0 Å². The first kappa shape index (κ1) is 12.5. The normalized spacial score (nSPS) is 13.9. The van der Waals surface area contributed by atoms with Gasteiger partial charge in [0.1, 0.15) is 5.75 Å². The number of nitriles is 1. The Hall–Kier alpha value is -1.53. The minimum absolute atomic E-state index is 0.0718. The summed E-state index contributed by atoms with van der Waals surface area (Å²) in [5, 5.41) is 17.8. The van der Waals surface area contributed by atoms with Gasteiger partial charge in [0.25, 0.3) is 0 Å². The average molecular weight is 219 g/mol. The van der Waals surface area contributed by atoms with Crippen LogP contribution in [0.3, 0.4) is 0 Å². The summed E-state index contributed by atoms with van der Waals surface area (Å²) >= 11 is 0. The van der Waals surface area contributed by atoms with E-state index in [-0.39, 0.29) is 12.2 Å². The number of ether oxygens (including phenoxy) is 1. The highest BCUT2D eigenvalue weighted by atomic mass is 16.5. The monoisotopic (exact) mass is 219 g/mol. The van der Waals surface area contributed by atoms with Crippen molar-refractivity contribution in [1.29, 1.82) is 5.26 Å². The SMILES string of the molecule is CC(O)CCC(C)Oc1ccc(C#N)cc1. The van der Waals surface area contributed by atoms with Crippen LogP contribution < -0.4 is 4.74 Å². The van der Waals surface area contributed by atoms with Crippen molar-refractivity contribution < 1.29 is 9.84 Å². The van der Waals surface area contributed by atoms with E-state index >= 15 is 0 Å². The van der Waals surface area contributed by atoms with Gasteiger partial charge < -0.3 is 9.84 Å². The van der Waals surface area contributed by atoms with Crippen LogP contribution in [0.5, 0.6) is 5.75 Å². The zero-order valence-corrected chi connectivity index (χ0v) is 9.68. The van der Waals surface area contributed by atoms with Crippen LogP contribution in [0.4, 0.5) is 0 Å².